The van der Waals surface area contributed by atoms with Crippen LogP contribution >= 0.6 is 0 Å². The summed E-state index contributed by atoms with van der Waals surface area (Å²) in [6, 6.07) is 9.00. The molecule has 0 radical (unpaired) electrons. The maximum absolute atomic E-state index is 14.1. The second-order valence-corrected chi connectivity index (χ2v) is 8.51. The van der Waals surface area contributed by atoms with Gasteiger partial charge in [0.25, 0.3) is 5.91 Å². The Hall–Kier alpha value is -3.59. The van der Waals surface area contributed by atoms with E-state index in [1.54, 1.807) is 31.6 Å². The van der Waals surface area contributed by atoms with Crippen LogP contribution in [0.25, 0.3) is 0 Å². The summed E-state index contributed by atoms with van der Waals surface area (Å²) in [5, 5.41) is 2.94. The van der Waals surface area contributed by atoms with Crippen LogP contribution in [-0.4, -0.2) is 43.2 Å². The second kappa shape index (κ2) is 11.2. The molecule has 1 aliphatic rings. The van der Waals surface area contributed by atoms with Crippen LogP contribution in [-0.2, 0) is 17.8 Å². The Bertz CT molecular complexity index is 1180. The number of methoxy groups -OCH3 is 2. The van der Waals surface area contributed by atoms with Crippen molar-refractivity contribution in [3.05, 3.63) is 77.2 Å². The lowest BCUT2D eigenvalue weighted by Crippen LogP contribution is -2.35. The van der Waals surface area contributed by atoms with Gasteiger partial charge in [-0.1, -0.05) is 6.07 Å². The van der Waals surface area contributed by atoms with E-state index in [0.717, 1.165) is 43.4 Å². The number of aromatic nitrogens is 2. The summed E-state index contributed by atoms with van der Waals surface area (Å²) in [5.41, 5.74) is 3.02. The zero-order chi connectivity index (χ0) is 24.8. The number of anilines is 2. The number of benzene rings is 1. The van der Waals surface area contributed by atoms with E-state index in [0.29, 0.717) is 29.8 Å². The third kappa shape index (κ3) is 5.92. The SMILES string of the molecule is COCc1cc(N2CCC(Cc3ccc(F)cc3F)CC2)c(NC(=O)c2cccnc2OC)cn1. The number of ether oxygens (including phenoxy) is 2. The Kier molecular flexibility index (Phi) is 7.87. The zero-order valence-electron chi connectivity index (χ0n) is 19.8. The number of piperidine rings is 1. The molecule has 1 amide bonds. The molecule has 7 nitrogen and oxygen atoms in total. The molecular weight excluding hydrogens is 454 g/mol. The molecule has 4 rings (SSSR count). The third-order valence-corrected chi connectivity index (χ3v) is 6.17. The first-order chi connectivity index (χ1) is 17.0. The van der Waals surface area contributed by atoms with Crippen molar-refractivity contribution < 1.29 is 23.0 Å². The summed E-state index contributed by atoms with van der Waals surface area (Å²) in [6.07, 6.45) is 5.43. The molecule has 0 unspecified atom stereocenters. The highest BCUT2D eigenvalue weighted by atomic mass is 19.1. The highest BCUT2D eigenvalue weighted by Gasteiger charge is 2.24. The molecule has 0 spiro atoms. The van der Waals surface area contributed by atoms with Crippen LogP contribution < -0.4 is 15.0 Å². The lowest BCUT2D eigenvalue weighted by Gasteiger charge is -2.35. The van der Waals surface area contributed by atoms with Gasteiger partial charge in [0.1, 0.15) is 17.2 Å². The molecule has 1 fully saturated rings. The first kappa shape index (κ1) is 24.5. The number of pyridine rings is 2. The monoisotopic (exact) mass is 482 g/mol. The first-order valence-corrected chi connectivity index (χ1v) is 11.5. The number of amides is 1. The zero-order valence-corrected chi connectivity index (χ0v) is 19.8. The molecule has 0 saturated carbocycles. The third-order valence-electron chi connectivity index (χ3n) is 6.17. The number of carbonyl (C=O) groups is 1. The van der Waals surface area contributed by atoms with Crippen molar-refractivity contribution >= 4 is 17.3 Å². The standard InChI is InChI=1S/C26H28F2N4O3/c1-34-16-20-14-24(23(15-30-20)31-25(33)21-4-3-9-29-26(21)35-2)32-10-7-17(8-11-32)12-18-5-6-19(27)13-22(18)28/h3-6,9,13-15,17H,7-8,10-12,16H2,1-2H3,(H,31,33). The molecule has 0 atom stereocenters. The van der Waals surface area contributed by atoms with Crippen LogP contribution in [0.15, 0.2) is 48.8 Å². The van der Waals surface area contributed by atoms with Crippen LogP contribution in [0.4, 0.5) is 20.2 Å². The van der Waals surface area contributed by atoms with Crippen LogP contribution in [0.3, 0.4) is 0 Å². The minimum Gasteiger partial charge on any atom is -0.480 e. The number of carbonyl (C=O) groups excluding carboxylic acids is 1. The van der Waals surface area contributed by atoms with Crippen LogP contribution in [0.2, 0.25) is 0 Å². The molecule has 9 heteroatoms. The highest BCUT2D eigenvalue weighted by Crippen LogP contribution is 2.32. The van der Waals surface area contributed by atoms with E-state index in [4.69, 9.17) is 9.47 Å². The number of rotatable bonds is 8. The molecule has 2 aromatic heterocycles. The summed E-state index contributed by atoms with van der Waals surface area (Å²) in [7, 11) is 3.07. The fourth-order valence-electron chi connectivity index (χ4n) is 4.36. The minimum atomic E-state index is -0.566. The molecule has 1 saturated heterocycles. The molecule has 0 aliphatic carbocycles. The van der Waals surface area contributed by atoms with Gasteiger partial charge in [0.05, 0.1) is 37.0 Å². The summed E-state index contributed by atoms with van der Waals surface area (Å²) in [6.45, 7) is 1.80. The van der Waals surface area contributed by atoms with Crippen molar-refractivity contribution in [3.8, 4) is 5.88 Å². The van der Waals surface area contributed by atoms with E-state index in [-0.39, 0.29) is 17.7 Å². The molecule has 1 aliphatic heterocycles. The lowest BCUT2D eigenvalue weighted by atomic mass is 9.89. The summed E-state index contributed by atoms with van der Waals surface area (Å²) in [4.78, 5) is 23.7. The van der Waals surface area contributed by atoms with Crippen LogP contribution in [0.1, 0.15) is 34.5 Å². The van der Waals surface area contributed by atoms with Gasteiger partial charge in [-0.2, -0.15) is 0 Å². The van der Waals surface area contributed by atoms with Gasteiger partial charge in [0.15, 0.2) is 0 Å². The van der Waals surface area contributed by atoms with Gasteiger partial charge in [-0.05, 0) is 55.0 Å². The van der Waals surface area contributed by atoms with E-state index in [1.165, 1.54) is 19.2 Å². The highest BCUT2D eigenvalue weighted by molar-refractivity contribution is 6.07. The lowest BCUT2D eigenvalue weighted by molar-refractivity contribution is 0.102. The van der Waals surface area contributed by atoms with Crippen molar-refractivity contribution in [3.63, 3.8) is 0 Å². The Morgan fingerprint density at radius 1 is 1.14 bits per heavy atom. The van der Waals surface area contributed by atoms with Gasteiger partial charge >= 0.3 is 0 Å². The van der Waals surface area contributed by atoms with Gasteiger partial charge in [0, 0.05) is 32.5 Å². The van der Waals surface area contributed by atoms with Gasteiger partial charge in [-0.15, -0.1) is 0 Å². The molecule has 3 heterocycles. The average Bonchev–Trinajstić information content (AvgIpc) is 2.87. The van der Waals surface area contributed by atoms with E-state index < -0.39 is 11.6 Å². The van der Waals surface area contributed by atoms with Crippen molar-refractivity contribution in [2.75, 3.05) is 37.5 Å². The molecule has 3 aromatic rings. The van der Waals surface area contributed by atoms with Gasteiger partial charge < -0.3 is 19.7 Å². The van der Waals surface area contributed by atoms with Crippen LogP contribution in [0, 0.1) is 17.6 Å². The Labute approximate surface area is 203 Å². The second-order valence-electron chi connectivity index (χ2n) is 8.51. The average molecular weight is 483 g/mol. The van der Waals surface area contributed by atoms with Crippen molar-refractivity contribution in [2.24, 2.45) is 5.92 Å². The smallest absolute Gasteiger partial charge is 0.261 e. The maximum atomic E-state index is 14.1. The topological polar surface area (TPSA) is 76.6 Å². The number of hydrogen-bond acceptors (Lipinski definition) is 6. The van der Waals surface area contributed by atoms with Crippen molar-refractivity contribution in [1.82, 2.24) is 9.97 Å². The fourth-order valence-corrected chi connectivity index (χ4v) is 4.36. The number of nitrogens with one attached hydrogen (secondary N) is 1. The Morgan fingerprint density at radius 2 is 1.94 bits per heavy atom. The fraction of sp³-hybridized carbons (Fsp3) is 0.346. The summed E-state index contributed by atoms with van der Waals surface area (Å²) in [5.74, 6) is -0.890. The molecule has 184 valence electrons. The van der Waals surface area contributed by atoms with E-state index in [9.17, 15) is 13.6 Å². The van der Waals surface area contributed by atoms with Crippen LogP contribution in [0.5, 0.6) is 5.88 Å². The molecular formula is C26H28F2N4O3. The van der Waals surface area contributed by atoms with E-state index >= 15 is 0 Å². The maximum Gasteiger partial charge on any atom is 0.261 e. The van der Waals surface area contributed by atoms with Crippen molar-refractivity contribution in [2.45, 2.75) is 25.9 Å². The molecule has 35 heavy (non-hydrogen) atoms. The van der Waals surface area contributed by atoms with Gasteiger partial charge in [-0.25, -0.2) is 13.8 Å². The molecule has 1 N–H and O–H groups in total. The Balaban J connectivity index is 1.50. The minimum absolute atomic E-state index is 0.240. The Morgan fingerprint density at radius 3 is 2.66 bits per heavy atom. The molecule has 0 bridgehead atoms. The van der Waals surface area contributed by atoms with E-state index in [1.807, 2.05) is 6.07 Å². The predicted octanol–water partition coefficient (Wildman–Crippen LogP) is 4.62. The number of halogens is 2. The van der Waals surface area contributed by atoms with Gasteiger partial charge in [0.2, 0.25) is 5.88 Å². The largest absolute Gasteiger partial charge is 0.480 e. The first-order valence-electron chi connectivity index (χ1n) is 11.5. The molecule has 1 aromatic carbocycles. The van der Waals surface area contributed by atoms with Crippen molar-refractivity contribution in [1.29, 1.82) is 0 Å². The quantitative estimate of drug-likeness (QED) is 0.505. The summed E-state index contributed by atoms with van der Waals surface area (Å²) >= 11 is 0. The number of hydrogen-bond donors (Lipinski definition) is 1. The normalized spacial score (nSPS) is 14.1. The predicted molar refractivity (Wildman–Crippen MR) is 129 cm³/mol. The van der Waals surface area contributed by atoms with E-state index in [2.05, 4.69) is 20.2 Å². The number of nitrogens with zero attached hydrogens (tertiary/aromatic N) is 3. The van der Waals surface area contributed by atoms with Gasteiger partial charge in [-0.3, -0.25) is 9.78 Å². The summed E-state index contributed by atoms with van der Waals surface area (Å²) < 4.78 is 37.8.